The lowest BCUT2D eigenvalue weighted by atomic mass is 10.2. The summed E-state index contributed by atoms with van der Waals surface area (Å²) in [5, 5.41) is 6.22. The maximum atomic E-state index is 12.0. The average molecular weight is 409 g/mol. The van der Waals surface area contributed by atoms with E-state index in [0.717, 1.165) is 0 Å². The molecule has 0 heterocycles. The quantitative estimate of drug-likeness (QED) is 0.684. The van der Waals surface area contributed by atoms with Gasteiger partial charge in [-0.3, -0.25) is 14.4 Å². The summed E-state index contributed by atoms with van der Waals surface area (Å²) in [6.07, 6.45) is -1.04. The van der Waals surface area contributed by atoms with E-state index in [1.807, 2.05) is 0 Å². The van der Waals surface area contributed by atoms with E-state index in [4.69, 9.17) is 27.9 Å². The zero-order valence-electron chi connectivity index (χ0n) is 14.5. The average Bonchev–Trinajstić information content (AvgIpc) is 2.62. The van der Waals surface area contributed by atoms with Crippen molar-refractivity contribution in [2.75, 3.05) is 11.9 Å². The van der Waals surface area contributed by atoms with Crippen LogP contribution in [0.3, 0.4) is 0 Å². The lowest BCUT2D eigenvalue weighted by Gasteiger charge is -2.14. The number of hydrogen-bond donors (Lipinski definition) is 2. The van der Waals surface area contributed by atoms with Gasteiger partial charge in [-0.25, -0.2) is 0 Å². The Bertz CT molecular complexity index is 825. The van der Waals surface area contributed by atoms with Crippen LogP contribution in [0.1, 0.15) is 23.7 Å². The molecule has 0 aliphatic carbocycles. The largest absolute Gasteiger partial charge is 0.452 e. The molecule has 0 aromatic heterocycles. The fraction of sp³-hybridized carbons (Fsp3) is 0.211. The molecule has 0 fully saturated rings. The van der Waals surface area contributed by atoms with Gasteiger partial charge in [0.05, 0.1) is 6.42 Å². The summed E-state index contributed by atoms with van der Waals surface area (Å²) in [6, 6.07) is 13.0. The van der Waals surface area contributed by atoms with E-state index in [-0.39, 0.29) is 18.9 Å². The molecule has 2 rings (SSSR count). The van der Waals surface area contributed by atoms with Crippen molar-refractivity contribution in [3.05, 3.63) is 64.1 Å². The van der Waals surface area contributed by atoms with E-state index >= 15 is 0 Å². The highest BCUT2D eigenvalue weighted by Gasteiger charge is 2.18. The van der Waals surface area contributed by atoms with Gasteiger partial charge in [0.2, 0.25) is 0 Å². The third-order valence-corrected chi connectivity index (χ3v) is 3.98. The standard InChI is InChI=1S/C19H18Cl2N2O4/c1-12(18(25)23-16-4-2-3-15(21)11-16)27-17(24)9-10-22-19(26)13-5-7-14(20)8-6-13/h2-8,11-12H,9-10H2,1H3,(H,22,26)(H,23,25)/t12-/m0/s1. The van der Waals surface area contributed by atoms with Crippen molar-refractivity contribution in [3.8, 4) is 0 Å². The Hall–Kier alpha value is -2.57. The van der Waals surface area contributed by atoms with Gasteiger partial charge in [-0.1, -0.05) is 29.3 Å². The van der Waals surface area contributed by atoms with E-state index < -0.39 is 18.0 Å². The van der Waals surface area contributed by atoms with Gasteiger partial charge >= 0.3 is 5.97 Å². The van der Waals surface area contributed by atoms with E-state index in [2.05, 4.69) is 10.6 Å². The van der Waals surface area contributed by atoms with Crippen molar-refractivity contribution in [1.82, 2.24) is 5.32 Å². The number of hydrogen-bond acceptors (Lipinski definition) is 4. The molecule has 0 bridgehead atoms. The third kappa shape index (κ3) is 6.92. The van der Waals surface area contributed by atoms with Crippen LogP contribution in [0.2, 0.25) is 10.0 Å². The second kappa shape index (κ2) is 9.94. The smallest absolute Gasteiger partial charge is 0.308 e. The normalized spacial score (nSPS) is 11.4. The van der Waals surface area contributed by atoms with Crippen LogP contribution in [0, 0.1) is 0 Å². The van der Waals surface area contributed by atoms with Crippen LogP contribution in [-0.4, -0.2) is 30.4 Å². The molecule has 0 unspecified atom stereocenters. The molecule has 0 saturated heterocycles. The van der Waals surface area contributed by atoms with Crippen molar-refractivity contribution in [2.24, 2.45) is 0 Å². The van der Waals surface area contributed by atoms with Crippen molar-refractivity contribution in [1.29, 1.82) is 0 Å². The first-order chi connectivity index (χ1) is 12.8. The second-order valence-electron chi connectivity index (χ2n) is 5.64. The van der Waals surface area contributed by atoms with Crippen molar-refractivity contribution in [2.45, 2.75) is 19.4 Å². The SMILES string of the molecule is C[C@H](OC(=O)CCNC(=O)c1ccc(Cl)cc1)C(=O)Nc1cccc(Cl)c1. The first-order valence-corrected chi connectivity index (χ1v) is 8.90. The van der Waals surface area contributed by atoms with Crippen LogP contribution in [0.5, 0.6) is 0 Å². The fourth-order valence-electron chi connectivity index (χ4n) is 2.10. The fourth-order valence-corrected chi connectivity index (χ4v) is 2.42. The van der Waals surface area contributed by atoms with Gasteiger partial charge in [-0.05, 0) is 49.4 Å². The maximum absolute atomic E-state index is 12.0. The Morgan fingerprint density at radius 1 is 1.04 bits per heavy atom. The van der Waals surface area contributed by atoms with Gasteiger partial charge in [-0.2, -0.15) is 0 Å². The molecular weight excluding hydrogens is 391 g/mol. The van der Waals surface area contributed by atoms with Gasteiger partial charge in [-0.15, -0.1) is 0 Å². The highest BCUT2D eigenvalue weighted by molar-refractivity contribution is 6.31. The molecule has 2 N–H and O–H groups in total. The van der Waals surface area contributed by atoms with Crippen molar-refractivity contribution < 1.29 is 19.1 Å². The molecule has 0 aliphatic heterocycles. The molecule has 27 heavy (non-hydrogen) atoms. The van der Waals surface area contributed by atoms with Crippen LogP contribution < -0.4 is 10.6 Å². The molecule has 142 valence electrons. The number of ether oxygens (including phenoxy) is 1. The number of halogens is 2. The lowest BCUT2D eigenvalue weighted by molar-refractivity contribution is -0.153. The Balaban J connectivity index is 1.73. The predicted octanol–water partition coefficient (Wildman–Crippen LogP) is 3.68. The molecule has 2 amide bonds. The summed E-state index contributed by atoms with van der Waals surface area (Å²) < 4.78 is 5.07. The summed E-state index contributed by atoms with van der Waals surface area (Å²) in [7, 11) is 0. The Morgan fingerprint density at radius 2 is 1.74 bits per heavy atom. The van der Waals surface area contributed by atoms with Crippen LogP contribution in [0.25, 0.3) is 0 Å². The van der Waals surface area contributed by atoms with E-state index in [1.165, 1.54) is 6.92 Å². The predicted molar refractivity (Wildman–Crippen MR) is 104 cm³/mol. The van der Waals surface area contributed by atoms with E-state index in [9.17, 15) is 14.4 Å². The monoisotopic (exact) mass is 408 g/mol. The van der Waals surface area contributed by atoms with E-state index in [0.29, 0.717) is 21.3 Å². The Kier molecular flexibility index (Phi) is 7.64. The van der Waals surface area contributed by atoms with Gasteiger partial charge < -0.3 is 15.4 Å². The lowest BCUT2D eigenvalue weighted by Crippen LogP contribution is -2.32. The van der Waals surface area contributed by atoms with Crippen LogP contribution >= 0.6 is 23.2 Å². The topological polar surface area (TPSA) is 84.5 Å². The summed E-state index contributed by atoms with van der Waals surface area (Å²) in [5.41, 5.74) is 0.938. The Labute approximate surface area is 166 Å². The van der Waals surface area contributed by atoms with Crippen LogP contribution in [-0.2, 0) is 14.3 Å². The van der Waals surface area contributed by atoms with Gasteiger partial charge in [0, 0.05) is 27.8 Å². The number of carbonyl (C=O) groups excluding carboxylic acids is 3. The molecule has 8 heteroatoms. The number of nitrogens with one attached hydrogen (secondary N) is 2. The number of rotatable bonds is 7. The minimum atomic E-state index is -0.983. The second-order valence-corrected chi connectivity index (χ2v) is 6.52. The molecule has 0 aliphatic rings. The number of benzene rings is 2. The number of esters is 1. The zero-order valence-corrected chi connectivity index (χ0v) is 16.0. The Morgan fingerprint density at radius 3 is 2.41 bits per heavy atom. The maximum Gasteiger partial charge on any atom is 0.308 e. The molecular formula is C19H18Cl2N2O4. The van der Waals surface area contributed by atoms with E-state index in [1.54, 1.807) is 48.5 Å². The first kappa shape index (κ1) is 20.7. The van der Waals surface area contributed by atoms with Crippen LogP contribution in [0.15, 0.2) is 48.5 Å². The van der Waals surface area contributed by atoms with Crippen molar-refractivity contribution >= 4 is 46.7 Å². The molecule has 0 saturated carbocycles. The number of anilines is 1. The summed E-state index contributed by atoms with van der Waals surface area (Å²) >= 11 is 11.6. The van der Waals surface area contributed by atoms with Crippen molar-refractivity contribution in [3.63, 3.8) is 0 Å². The first-order valence-electron chi connectivity index (χ1n) is 8.15. The number of amides is 2. The summed E-state index contributed by atoms with van der Waals surface area (Å²) in [6.45, 7) is 1.55. The highest BCUT2D eigenvalue weighted by Crippen LogP contribution is 2.15. The molecule has 0 spiro atoms. The molecule has 1 atom stereocenters. The highest BCUT2D eigenvalue weighted by atomic mass is 35.5. The molecule has 6 nitrogen and oxygen atoms in total. The zero-order chi connectivity index (χ0) is 19.8. The number of carbonyl (C=O) groups is 3. The summed E-state index contributed by atoms with van der Waals surface area (Å²) in [5.74, 6) is -1.40. The summed E-state index contributed by atoms with van der Waals surface area (Å²) in [4.78, 5) is 35.8. The van der Waals surface area contributed by atoms with Gasteiger partial charge in [0.25, 0.3) is 11.8 Å². The third-order valence-electron chi connectivity index (χ3n) is 3.49. The molecule has 2 aromatic carbocycles. The molecule has 2 aromatic rings. The minimum Gasteiger partial charge on any atom is -0.452 e. The van der Waals surface area contributed by atoms with Gasteiger partial charge in [0.1, 0.15) is 0 Å². The van der Waals surface area contributed by atoms with Crippen LogP contribution in [0.4, 0.5) is 5.69 Å². The van der Waals surface area contributed by atoms with Gasteiger partial charge in [0.15, 0.2) is 6.10 Å². The molecule has 0 radical (unpaired) electrons. The minimum absolute atomic E-state index is 0.0614.